The average molecular weight is 413 g/mol. The van der Waals surface area contributed by atoms with Crippen LogP contribution in [-0.2, 0) is 22.8 Å². The van der Waals surface area contributed by atoms with Gasteiger partial charge >= 0.3 is 0 Å². The Morgan fingerprint density at radius 3 is 2.59 bits per heavy atom. The molecule has 0 radical (unpaired) electrons. The summed E-state index contributed by atoms with van der Waals surface area (Å²) in [7, 11) is -1.46. The summed E-state index contributed by atoms with van der Waals surface area (Å²) in [5.74, 6) is 0.714. The van der Waals surface area contributed by atoms with Crippen LogP contribution in [0.2, 0.25) is 0 Å². The lowest BCUT2D eigenvalue weighted by atomic mass is 10.1. The van der Waals surface area contributed by atoms with Gasteiger partial charge in [-0.15, -0.1) is 0 Å². The second kappa shape index (κ2) is 8.69. The number of hydrogen-bond acceptors (Lipinski definition) is 3. The van der Waals surface area contributed by atoms with E-state index in [1.165, 1.54) is 28.3 Å². The van der Waals surface area contributed by atoms with Gasteiger partial charge in [0.25, 0.3) is 0 Å². The van der Waals surface area contributed by atoms with Gasteiger partial charge in [0.15, 0.2) is 15.8 Å². The zero-order chi connectivity index (χ0) is 21.0. The number of hydrogen-bond donors (Lipinski definition) is 3. The molecule has 3 rings (SSSR count). The molecule has 0 amide bonds. The van der Waals surface area contributed by atoms with Gasteiger partial charge in [-0.2, -0.15) is 0 Å². The van der Waals surface area contributed by atoms with E-state index in [-0.39, 0.29) is 0 Å². The smallest absolute Gasteiger partial charge is 0.191 e. The van der Waals surface area contributed by atoms with Crippen LogP contribution in [0.25, 0.3) is 10.9 Å². The predicted octanol–water partition coefficient (Wildman–Crippen LogP) is 3.10. The summed E-state index contributed by atoms with van der Waals surface area (Å²) in [6, 6.07) is 11.7. The quantitative estimate of drug-likeness (QED) is 0.429. The first-order valence-corrected chi connectivity index (χ1v) is 11.5. The summed E-state index contributed by atoms with van der Waals surface area (Å²) in [5, 5.41) is 7.88. The first-order chi connectivity index (χ1) is 13.8. The van der Waals surface area contributed by atoms with Gasteiger partial charge in [-0.1, -0.05) is 30.3 Å². The number of nitrogens with one attached hydrogen (secondary N) is 3. The van der Waals surface area contributed by atoms with Crippen molar-refractivity contribution in [3.05, 3.63) is 64.8 Å². The van der Waals surface area contributed by atoms with Gasteiger partial charge < -0.3 is 15.6 Å². The van der Waals surface area contributed by atoms with Crippen molar-refractivity contribution < 1.29 is 8.42 Å². The molecule has 6 nitrogen and oxygen atoms in total. The molecule has 0 atom stereocenters. The fraction of sp³-hybridized carbons (Fsp3) is 0.318. The SMILES string of the molecule is CN=C(NCCc1c[nH]c2c(C)cccc12)NCc1ccc(S(C)(=O)=O)c(C)c1. The van der Waals surface area contributed by atoms with E-state index in [1.54, 1.807) is 13.1 Å². The Kier molecular flexibility index (Phi) is 6.27. The Morgan fingerprint density at radius 1 is 1.10 bits per heavy atom. The number of para-hydroxylation sites is 1. The first kappa shape index (κ1) is 20.9. The van der Waals surface area contributed by atoms with Crippen LogP contribution in [0.5, 0.6) is 0 Å². The van der Waals surface area contributed by atoms with E-state index in [0.717, 1.165) is 24.1 Å². The highest BCUT2D eigenvalue weighted by Crippen LogP contribution is 2.21. The van der Waals surface area contributed by atoms with Crippen LogP contribution in [0.15, 0.2) is 52.5 Å². The number of aromatic amines is 1. The molecule has 0 fully saturated rings. The average Bonchev–Trinajstić information content (AvgIpc) is 3.08. The molecule has 3 aromatic rings. The standard InChI is InChI=1S/C22H28N4O2S/c1-15-6-5-7-19-18(14-25-21(15)19)10-11-24-22(23-3)26-13-17-8-9-20(16(2)12-17)29(4,27)28/h5-9,12,14,25H,10-11,13H2,1-4H3,(H2,23,24,26). The van der Waals surface area contributed by atoms with Crippen LogP contribution < -0.4 is 10.6 Å². The number of sulfone groups is 1. The van der Waals surface area contributed by atoms with E-state index in [0.29, 0.717) is 17.4 Å². The maximum absolute atomic E-state index is 11.7. The number of aromatic nitrogens is 1. The molecule has 0 saturated heterocycles. The number of aliphatic imine (C=N–C) groups is 1. The van der Waals surface area contributed by atoms with Crippen LogP contribution in [0.1, 0.15) is 22.3 Å². The topological polar surface area (TPSA) is 86.3 Å². The molecule has 0 unspecified atom stereocenters. The monoisotopic (exact) mass is 412 g/mol. The number of fused-ring (bicyclic) bond motifs is 1. The highest BCUT2D eigenvalue weighted by molar-refractivity contribution is 7.90. The van der Waals surface area contributed by atoms with Crippen LogP contribution in [0.4, 0.5) is 0 Å². The minimum absolute atomic E-state index is 0.373. The number of rotatable bonds is 6. The third-order valence-electron chi connectivity index (χ3n) is 5.02. The van der Waals surface area contributed by atoms with Gasteiger partial charge in [-0.3, -0.25) is 4.99 Å². The van der Waals surface area contributed by atoms with Crippen molar-refractivity contribution in [1.82, 2.24) is 15.6 Å². The van der Waals surface area contributed by atoms with Gasteiger partial charge in [0.2, 0.25) is 0 Å². The third-order valence-corrected chi connectivity index (χ3v) is 6.28. The van der Waals surface area contributed by atoms with Crippen molar-refractivity contribution in [3.63, 3.8) is 0 Å². The minimum atomic E-state index is -3.20. The van der Waals surface area contributed by atoms with E-state index in [1.807, 2.05) is 19.1 Å². The van der Waals surface area contributed by atoms with Crippen LogP contribution in [0, 0.1) is 13.8 Å². The van der Waals surface area contributed by atoms with Gasteiger partial charge in [-0.05, 0) is 48.6 Å². The molecule has 29 heavy (non-hydrogen) atoms. The molecule has 154 valence electrons. The lowest BCUT2D eigenvalue weighted by molar-refractivity contribution is 0.601. The normalized spacial score (nSPS) is 12.3. The van der Waals surface area contributed by atoms with E-state index in [9.17, 15) is 8.42 Å². The molecule has 0 aliphatic heterocycles. The molecule has 0 aliphatic rings. The third kappa shape index (κ3) is 4.98. The van der Waals surface area contributed by atoms with Crippen molar-refractivity contribution in [3.8, 4) is 0 Å². The summed E-state index contributed by atoms with van der Waals surface area (Å²) >= 11 is 0. The molecule has 0 aliphatic carbocycles. The Morgan fingerprint density at radius 2 is 1.90 bits per heavy atom. The maximum atomic E-state index is 11.7. The van der Waals surface area contributed by atoms with Crippen LogP contribution in [-0.4, -0.2) is 39.2 Å². The molecule has 1 heterocycles. The first-order valence-electron chi connectivity index (χ1n) is 9.59. The maximum Gasteiger partial charge on any atom is 0.191 e. The molecule has 1 aromatic heterocycles. The molecule has 7 heteroatoms. The predicted molar refractivity (Wildman–Crippen MR) is 119 cm³/mol. The van der Waals surface area contributed by atoms with Crippen molar-refractivity contribution in [2.24, 2.45) is 4.99 Å². The van der Waals surface area contributed by atoms with Crippen molar-refractivity contribution in [2.75, 3.05) is 19.8 Å². The molecule has 2 aromatic carbocycles. The Hall–Kier alpha value is -2.80. The molecular weight excluding hydrogens is 384 g/mol. The van der Waals surface area contributed by atoms with Gasteiger partial charge in [0, 0.05) is 43.5 Å². The fourth-order valence-electron chi connectivity index (χ4n) is 3.53. The number of aryl methyl sites for hydroxylation is 2. The van der Waals surface area contributed by atoms with E-state index < -0.39 is 9.84 Å². The van der Waals surface area contributed by atoms with E-state index in [4.69, 9.17) is 0 Å². The van der Waals surface area contributed by atoms with E-state index >= 15 is 0 Å². The Bertz CT molecular complexity index is 1150. The highest BCUT2D eigenvalue weighted by Gasteiger charge is 2.11. The number of guanidine groups is 1. The second-order valence-electron chi connectivity index (χ2n) is 7.29. The molecular formula is C22H28N4O2S. The van der Waals surface area contributed by atoms with Crippen LogP contribution >= 0.6 is 0 Å². The van der Waals surface area contributed by atoms with E-state index in [2.05, 4.69) is 51.9 Å². The fourth-order valence-corrected chi connectivity index (χ4v) is 4.49. The molecule has 0 bridgehead atoms. The lowest BCUT2D eigenvalue weighted by Crippen LogP contribution is -2.37. The zero-order valence-corrected chi connectivity index (χ0v) is 18.2. The van der Waals surface area contributed by atoms with Crippen molar-refractivity contribution >= 4 is 26.7 Å². The Balaban J connectivity index is 1.56. The molecule has 0 saturated carbocycles. The summed E-state index contributed by atoms with van der Waals surface area (Å²) in [4.78, 5) is 8.00. The van der Waals surface area contributed by atoms with Gasteiger partial charge in [-0.25, -0.2) is 8.42 Å². The summed E-state index contributed by atoms with van der Waals surface area (Å²) in [6.07, 6.45) is 4.18. The molecule has 0 spiro atoms. The van der Waals surface area contributed by atoms with Crippen molar-refractivity contribution in [1.29, 1.82) is 0 Å². The minimum Gasteiger partial charge on any atom is -0.361 e. The second-order valence-corrected chi connectivity index (χ2v) is 9.27. The van der Waals surface area contributed by atoms with Crippen LogP contribution in [0.3, 0.4) is 0 Å². The highest BCUT2D eigenvalue weighted by atomic mass is 32.2. The summed E-state index contributed by atoms with van der Waals surface area (Å²) in [6.45, 7) is 5.25. The largest absolute Gasteiger partial charge is 0.361 e. The summed E-state index contributed by atoms with van der Waals surface area (Å²) in [5.41, 5.74) is 5.47. The van der Waals surface area contributed by atoms with Crippen molar-refractivity contribution in [2.45, 2.75) is 31.7 Å². The van der Waals surface area contributed by atoms with Gasteiger partial charge in [0.1, 0.15) is 0 Å². The number of benzene rings is 2. The lowest BCUT2D eigenvalue weighted by Gasteiger charge is -2.13. The number of nitrogens with zero attached hydrogens (tertiary/aromatic N) is 1. The zero-order valence-electron chi connectivity index (χ0n) is 17.3. The van der Waals surface area contributed by atoms with Gasteiger partial charge in [0.05, 0.1) is 4.90 Å². The molecule has 3 N–H and O–H groups in total. The Labute approximate surface area is 172 Å². The summed E-state index contributed by atoms with van der Waals surface area (Å²) < 4.78 is 23.5. The number of H-pyrrole nitrogens is 1.